The zero-order valence-corrected chi connectivity index (χ0v) is 12.5. The molecule has 0 amide bonds. The average molecular weight is 342 g/mol. The van der Waals surface area contributed by atoms with E-state index >= 15 is 0 Å². The van der Waals surface area contributed by atoms with Gasteiger partial charge in [0.1, 0.15) is 0 Å². The highest BCUT2D eigenvalue weighted by Gasteiger charge is 2.26. The zero-order valence-electron chi connectivity index (χ0n) is 10.0. The first kappa shape index (κ1) is 16.8. The summed E-state index contributed by atoms with van der Waals surface area (Å²) in [5.41, 5.74) is -0.502. The summed E-state index contributed by atoms with van der Waals surface area (Å²) in [7, 11) is -13.9. The summed E-state index contributed by atoms with van der Waals surface area (Å²) in [6.45, 7) is 4.00. The molecule has 1 aromatic rings. The van der Waals surface area contributed by atoms with Crippen molar-refractivity contribution in [2.75, 3.05) is 0 Å². The van der Waals surface area contributed by atoms with E-state index in [0.717, 1.165) is 6.92 Å². The fraction of sp³-hybridized carbons (Fsp3) is 0.111. The number of rotatable bonds is 4. The van der Waals surface area contributed by atoms with Gasteiger partial charge in [0.25, 0.3) is 20.2 Å². The Labute approximate surface area is 116 Å². The smallest absolute Gasteiger partial charge is 0.282 e. The molecule has 0 bridgehead atoms. The van der Waals surface area contributed by atoms with E-state index in [1.165, 1.54) is 0 Å². The minimum absolute atomic E-state index is 0.471. The molecule has 0 saturated heterocycles. The molecule has 20 heavy (non-hydrogen) atoms. The number of benzene rings is 1. The van der Waals surface area contributed by atoms with Crippen LogP contribution in [-0.4, -0.2) is 34.4 Å². The van der Waals surface area contributed by atoms with E-state index < -0.39 is 50.3 Å². The van der Waals surface area contributed by atoms with E-state index in [1.54, 1.807) is 0 Å². The molecular formula is C9H10O8S3. The first-order chi connectivity index (χ1) is 8.80. The predicted molar refractivity (Wildman–Crippen MR) is 68.2 cm³/mol. The first-order valence-corrected chi connectivity index (χ1v) is 9.20. The third-order valence-corrected chi connectivity index (χ3v) is 5.68. The van der Waals surface area contributed by atoms with Crippen LogP contribution in [0.4, 0.5) is 0 Å². The molecule has 2 N–H and O–H groups in total. The van der Waals surface area contributed by atoms with Gasteiger partial charge in [-0.05, 0) is 24.6 Å². The molecule has 0 aliphatic carbocycles. The van der Waals surface area contributed by atoms with Gasteiger partial charge in [-0.1, -0.05) is 6.58 Å². The summed E-state index contributed by atoms with van der Waals surface area (Å²) >= 11 is 0. The lowest BCUT2D eigenvalue weighted by Crippen LogP contribution is -2.10. The molecule has 0 spiro atoms. The van der Waals surface area contributed by atoms with Gasteiger partial charge >= 0.3 is 0 Å². The molecule has 0 aliphatic heterocycles. The molecule has 112 valence electrons. The van der Waals surface area contributed by atoms with Crippen molar-refractivity contribution in [3.63, 3.8) is 0 Å². The maximum absolute atomic E-state index is 11.6. The number of hydrogen-bond acceptors (Lipinski definition) is 6. The van der Waals surface area contributed by atoms with Gasteiger partial charge in [0.15, 0.2) is 9.84 Å². The second kappa shape index (κ2) is 4.93. The minimum Gasteiger partial charge on any atom is -0.282 e. The van der Waals surface area contributed by atoms with Gasteiger partial charge in [0.2, 0.25) is 0 Å². The Morgan fingerprint density at radius 2 is 1.30 bits per heavy atom. The fourth-order valence-electron chi connectivity index (χ4n) is 1.43. The Bertz CT molecular complexity index is 822. The summed E-state index contributed by atoms with van der Waals surface area (Å²) in [5, 5.41) is 0.471. The van der Waals surface area contributed by atoms with Crippen molar-refractivity contribution in [2.24, 2.45) is 0 Å². The van der Waals surface area contributed by atoms with Crippen molar-refractivity contribution in [3.8, 4) is 0 Å². The van der Waals surface area contributed by atoms with Crippen LogP contribution in [0.1, 0.15) is 5.56 Å². The van der Waals surface area contributed by atoms with Crippen LogP contribution >= 0.6 is 0 Å². The van der Waals surface area contributed by atoms with Crippen molar-refractivity contribution in [2.45, 2.75) is 21.6 Å². The molecule has 11 heteroatoms. The molecule has 0 atom stereocenters. The summed E-state index contributed by atoms with van der Waals surface area (Å²) in [6.07, 6.45) is 0. The second-order valence-corrected chi connectivity index (χ2v) is 8.38. The Morgan fingerprint density at radius 3 is 1.55 bits per heavy atom. The van der Waals surface area contributed by atoms with Crippen molar-refractivity contribution in [3.05, 3.63) is 29.7 Å². The van der Waals surface area contributed by atoms with E-state index in [1.807, 2.05) is 0 Å². The Balaban J connectivity index is 4.02. The van der Waals surface area contributed by atoms with E-state index in [0.29, 0.717) is 17.5 Å². The summed E-state index contributed by atoms with van der Waals surface area (Å²) < 4.78 is 85.8. The Kier molecular flexibility index (Phi) is 4.14. The van der Waals surface area contributed by atoms with Gasteiger partial charge < -0.3 is 0 Å². The minimum atomic E-state index is -4.88. The third kappa shape index (κ3) is 3.24. The lowest BCUT2D eigenvalue weighted by Gasteiger charge is -2.10. The van der Waals surface area contributed by atoms with Crippen molar-refractivity contribution >= 4 is 30.1 Å². The predicted octanol–water partition coefficient (Wildman–Crippen LogP) is 0.406. The Morgan fingerprint density at radius 1 is 0.950 bits per heavy atom. The molecule has 0 aliphatic rings. The summed E-state index contributed by atoms with van der Waals surface area (Å²) in [5.74, 6) is 0. The maximum Gasteiger partial charge on any atom is 0.294 e. The van der Waals surface area contributed by atoms with Gasteiger partial charge in [0.05, 0.1) is 14.7 Å². The quantitative estimate of drug-likeness (QED) is 0.749. The topological polar surface area (TPSA) is 143 Å². The van der Waals surface area contributed by atoms with Crippen molar-refractivity contribution < 1.29 is 34.4 Å². The highest BCUT2D eigenvalue weighted by Crippen LogP contribution is 2.27. The van der Waals surface area contributed by atoms with Gasteiger partial charge in [-0.25, -0.2) is 8.42 Å². The summed E-state index contributed by atoms with van der Waals surface area (Å²) in [6, 6.07) is 1.16. The molecule has 0 heterocycles. The molecule has 0 unspecified atom stereocenters. The molecule has 1 rings (SSSR count). The van der Waals surface area contributed by atoms with E-state index in [2.05, 4.69) is 6.58 Å². The van der Waals surface area contributed by atoms with Crippen LogP contribution in [0.5, 0.6) is 0 Å². The van der Waals surface area contributed by atoms with E-state index in [9.17, 15) is 25.3 Å². The largest absolute Gasteiger partial charge is 0.294 e. The Hall–Kier alpha value is -1.27. The van der Waals surface area contributed by atoms with Crippen LogP contribution in [0.3, 0.4) is 0 Å². The fourth-order valence-corrected chi connectivity index (χ4v) is 3.95. The normalized spacial score (nSPS) is 13.2. The van der Waals surface area contributed by atoms with Crippen LogP contribution in [0, 0.1) is 6.92 Å². The van der Waals surface area contributed by atoms with Gasteiger partial charge in [-0.15, -0.1) is 0 Å². The standard InChI is InChI=1S/C9H10O8S3/c1-3-18(10,11)7-4-8(19(12,13)14)6(2)9(5-7)20(15,16)17/h3-5H,1H2,2H3,(H,12,13,14)(H,15,16,17). The van der Waals surface area contributed by atoms with Gasteiger partial charge in [0, 0.05) is 5.41 Å². The second-order valence-electron chi connectivity index (χ2n) is 3.71. The molecule has 0 saturated carbocycles. The SMILES string of the molecule is C=CS(=O)(=O)c1cc(S(=O)(=O)O)c(C)c(S(=O)(=O)O)c1. The van der Waals surface area contributed by atoms with Crippen LogP contribution in [0.2, 0.25) is 0 Å². The van der Waals surface area contributed by atoms with Crippen LogP contribution < -0.4 is 0 Å². The molecule has 8 nitrogen and oxygen atoms in total. The average Bonchev–Trinajstić information content (AvgIpc) is 2.25. The third-order valence-electron chi connectivity index (χ3n) is 2.39. The molecule has 1 aromatic carbocycles. The van der Waals surface area contributed by atoms with Crippen molar-refractivity contribution in [1.82, 2.24) is 0 Å². The van der Waals surface area contributed by atoms with Crippen LogP contribution in [0.15, 0.2) is 38.8 Å². The first-order valence-electron chi connectivity index (χ1n) is 4.78. The lowest BCUT2D eigenvalue weighted by atomic mass is 10.2. The highest BCUT2D eigenvalue weighted by atomic mass is 32.2. The number of sulfone groups is 1. The van der Waals surface area contributed by atoms with Crippen molar-refractivity contribution in [1.29, 1.82) is 0 Å². The van der Waals surface area contributed by atoms with E-state index in [-0.39, 0.29) is 0 Å². The van der Waals surface area contributed by atoms with E-state index in [4.69, 9.17) is 9.11 Å². The lowest BCUT2D eigenvalue weighted by molar-refractivity contribution is 0.479. The zero-order chi connectivity index (χ0) is 15.9. The van der Waals surface area contributed by atoms with Crippen LogP contribution in [-0.2, 0) is 30.1 Å². The van der Waals surface area contributed by atoms with Gasteiger partial charge in [-0.2, -0.15) is 16.8 Å². The van der Waals surface area contributed by atoms with Gasteiger partial charge in [-0.3, -0.25) is 9.11 Å². The maximum atomic E-state index is 11.6. The monoisotopic (exact) mass is 342 g/mol. The molecule has 0 radical (unpaired) electrons. The summed E-state index contributed by atoms with van der Waals surface area (Å²) in [4.78, 5) is -2.61. The van der Waals surface area contributed by atoms with Crippen LogP contribution in [0.25, 0.3) is 0 Å². The molecule has 0 fully saturated rings. The number of hydrogen-bond donors (Lipinski definition) is 2. The molecule has 0 aromatic heterocycles. The highest BCUT2D eigenvalue weighted by molar-refractivity contribution is 7.94. The molecular weight excluding hydrogens is 332 g/mol.